The molecule has 21 heavy (non-hydrogen) atoms. The van der Waals surface area contributed by atoms with Gasteiger partial charge in [-0.1, -0.05) is 37.3 Å². The molecular weight excluding hydrogens is 258 g/mol. The Morgan fingerprint density at radius 3 is 2.57 bits per heavy atom. The molecule has 0 saturated heterocycles. The highest BCUT2D eigenvalue weighted by Gasteiger charge is 2.13. The molecule has 0 aliphatic rings. The van der Waals surface area contributed by atoms with Crippen LogP contribution < -0.4 is 5.32 Å². The fraction of sp³-hybridized carbons (Fsp3) is 0.500. The molecule has 114 valence electrons. The van der Waals surface area contributed by atoms with Gasteiger partial charge in [0.15, 0.2) is 0 Å². The Bertz CT molecular complexity index is 518. The summed E-state index contributed by atoms with van der Waals surface area (Å²) in [4.78, 5) is 0. The summed E-state index contributed by atoms with van der Waals surface area (Å²) in [6.45, 7) is 5.43. The summed E-state index contributed by atoms with van der Waals surface area (Å²) in [5.74, 6) is 0.581. The van der Waals surface area contributed by atoms with Gasteiger partial charge in [0.05, 0.1) is 5.69 Å². The number of hydrogen-bond acceptors (Lipinski definition) is 2. The quantitative estimate of drug-likeness (QED) is 0.805. The van der Waals surface area contributed by atoms with Crippen LogP contribution in [0, 0.1) is 5.92 Å². The first-order valence-electron chi connectivity index (χ1n) is 7.95. The van der Waals surface area contributed by atoms with Crippen molar-refractivity contribution < 1.29 is 0 Å². The van der Waals surface area contributed by atoms with Crippen LogP contribution in [0.2, 0.25) is 0 Å². The molecule has 1 N–H and O–H groups in total. The number of nitrogens with zero attached hydrogens (tertiary/aromatic N) is 2. The largest absolute Gasteiger partial charge is 0.319 e. The van der Waals surface area contributed by atoms with E-state index < -0.39 is 0 Å². The lowest BCUT2D eigenvalue weighted by Gasteiger charge is -2.15. The molecule has 0 amide bonds. The number of hydrogen-bond donors (Lipinski definition) is 1. The monoisotopic (exact) mass is 285 g/mol. The summed E-state index contributed by atoms with van der Waals surface area (Å²) >= 11 is 0. The van der Waals surface area contributed by atoms with Gasteiger partial charge < -0.3 is 5.32 Å². The molecule has 0 radical (unpaired) electrons. The average molecular weight is 285 g/mol. The van der Waals surface area contributed by atoms with E-state index in [9.17, 15) is 0 Å². The summed E-state index contributed by atoms with van der Waals surface area (Å²) in [5.41, 5.74) is 2.60. The van der Waals surface area contributed by atoms with Gasteiger partial charge in [-0.3, -0.25) is 4.68 Å². The van der Waals surface area contributed by atoms with Gasteiger partial charge in [-0.25, -0.2) is 0 Å². The molecule has 3 nitrogen and oxygen atoms in total. The molecule has 3 heteroatoms. The summed E-state index contributed by atoms with van der Waals surface area (Å²) in [5, 5.41) is 8.05. The van der Waals surface area contributed by atoms with Gasteiger partial charge in [-0.15, -0.1) is 0 Å². The fourth-order valence-corrected chi connectivity index (χ4v) is 2.67. The lowest BCUT2D eigenvalue weighted by Crippen LogP contribution is -2.23. The third-order valence-corrected chi connectivity index (χ3v) is 4.06. The van der Waals surface area contributed by atoms with Gasteiger partial charge >= 0.3 is 0 Å². The van der Waals surface area contributed by atoms with E-state index in [0.29, 0.717) is 12.0 Å². The first-order chi connectivity index (χ1) is 10.2. The maximum absolute atomic E-state index is 4.73. The minimum absolute atomic E-state index is 0.482. The van der Waals surface area contributed by atoms with Crippen LogP contribution in [0.1, 0.15) is 37.6 Å². The lowest BCUT2D eigenvalue weighted by atomic mass is 9.95. The Morgan fingerprint density at radius 2 is 1.90 bits per heavy atom. The van der Waals surface area contributed by atoms with Crippen LogP contribution in [-0.4, -0.2) is 23.4 Å². The van der Waals surface area contributed by atoms with Crippen LogP contribution in [0.3, 0.4) is 0 Å². The molecule has 0 bridgehead atoms. The van der Waals surface area contributed by atoms with Crippen LogP contribution in [0.15, 0.2) is 42.6 Å². The standard InChI is InChI=1S/C18H27N3/c1-4-15(2)21-11-10-18(20-21)13-17(14-19-3)12-16-8-6-5-7-9-16/h5-11,15,17,19H,4,12-14H2,1-3H3. The van der Waals surface area contributed by atoms with Gasteiger partial charge in [0.2, 0.25) is 0 Å². The van der Waals surface area contributed by atoms with Gasteiger partial charge in [-0.05, 0) is 57.3 Å². The zero-order chi connectivity index (χ0) is 15.1. The molecule has 1 aromatic heterocycles. The van der Waals surface area contributed by atoms with E-state index in [0.717, 1.165) is 25.8 Å². The van der Waals surface area contributed by atoms with Crippen molar-refractivity contribution in [2.75, 3.05) is 13.6 Å². The van der Waals surface area contributed by atoms with Crippen molar-refractivity contribution in [2.45, 2.75) is 39.2 Å². The van der Waals surface area contributed by atoms with E-state index in [1.165, 1.54) is 11.3 Å². The predicted octanol–water partition coefficient (Wildman–Crippen LogP) is 3.47. The molecule has 0 spiro atoms. The molecule has 1 aromatic carbocycles. The predicted molar refractivity (Wildman–Crippen MR) is 88.5 cm³/mol. The first-order valence-corrected chi connectivity index (χ1v) is 7.95. The molecular formula is C18H27N3. The average Bonchev–Trinajstić information content (AvgIpc) is 2.96. The molecule has 0 aliphatic heterocycles. The van der Waals surface area contributed by atoms with Gasteiger partial charge in [-0.2, -0.15) is 5.10 Å². The smallest absolute Gasteiger partial charge is 0.0628 e. The molecule has 1 heterocycles. The summed E-state index contributed by atoms with van der Waals surface area (Å²) in [6.07, 6.45) is 5.35. The van der Waals surface area contributed by atoms with E-state index in [1.807, 2.05) is 7.05 Å². The number of nitrogens with one attached hydrogen (secondary N) is 1. The second-order valence-corrected chi connectivity index (χ2v) is 5.86. The molecule has 0 saturated carbocycles. The number of rotatable bonds is 8. The van der Waals surface area contributed by atoms with E-state index >= 15 is 0 Å². The fourth-order valence-electron chi connectivity index (χ4n) is 2.67. The van der Waals surface area contributed by atoms with Crippen LogP contribution in [0.25, 0.3) is 0 Å². The molecule has 0 aliphatic carbocycles. The van der Waals surface area contributed by atoms with E-state index in [2.05, 4.69) is 66.4 Å². The SMILES string of the molecule is CCC(C)n1ccc(CC(CNC)Cc2ccccc2)n1. The van der Waals surface area contributed by atoms with Crippen LogP contribution in [-0.2, 0) is 12.8 Å². The van der Waals surface area contributed by atoms with Crippen LogP contribution in [0.4, 0.5) is 0 Å². The lowest BCUT2D eigenvalue weighted by molar-refractivity contribution is 0.455. The van der Waals surface area contributed by atoms with Crippen molar-refractivity contribution in [1.29, 1.82) is 0 Å². The minimum Gasteiger partial charge on any atom is -0.319 e. The first kappa shape index (κ1) is 15.8. The zero-order valence-electron chi connectivity index (χ0n) is 13.4. The second kappa shape index (κ2) is 7.99. The van der Waals surface area contributed by atoms with E-state index in [4.69, 9.17) is 5.10 Å². The van der Waals surface area contributed by atoms with Gasteiger partial charge in [0, 0.05) is 12.2 Å². The highest BCUT2D eigenvalue weighted by atomic mass is 15.3. The van der Waals surface area contributed by atoms with Crippen molar-refractivity contribution >= 4 is 0 Å². The Kier molecular flexibility index (Phi) is 6.00. The van der Waals surface area contributed by atoms with E-state index in [1.54, 1.807) is 0 Å². The van der Waals surface area contributed by atoms with Gasteiger partial charge in [0.25, 0.3) is 0 Å². The minimum atomic E-state index is 0.482. The Balaban J connectivity index is 2.00. The van der Waals surface area contributed by atoms with Crippen molar-refractivity contribution in [3.05, 3.63) is 53.9 Å². The molecule has 2 rings (SSSR count). The van der Waals surface area contributed by atoms with Crippen LogP contribution in [0.5, 0.6) is 0 Å². The summed E-state index contributed by atoms with van der Waals surface area (Å²) in [7, 11) is 2.02. The molecule has 2 atom stereocenters. The highest BCUT2D eigenvalue weighted by molar-refractivity contribution is 5.16. The van der Waals surface area contributed by atoms with E-state index in [-0.39, 0.29) is 0 Å². The maximum Gasteiger partial charge on any atom is 0.0628 e. The Morgan fingerprint density at radius 1 is 1.14 bits per heavy atom. The Hall–Kier alpha value is -1.61. The maximum atomic E-state index is 4.73. The summed E-state index contributed by atoms with van der Waals surface area (Å²) < 4.78 is 2.09. The van der Waals surface area contributed by atoms with Crippen molar-refractivity contribution in [1.82, 2.24) is 15.1 Å². The normalized spacial score (nSPS) is 14.0. The summed E-state index contributed by atoms with van der Waals surface area (Å²) in [6, 6.07) is 13.4. The third-order valence-electron chi connectivity index (χ3n) is 4.06. The van der Waals surface area contributed by atoms with Crippen molar-refractivity contribution in [2.24, 2.45) is 5.92 Å². The van der Waals surface area contributed by atoms with Crippen molar-refractivity contribution in [3.63, 3.8) is 0 Å². The highest BCUT2D eigenvalue weighted by Crippen LogP contribution is 2.15. The Labute approximate surface area is 128 Å². The van der Waals surface area contributed by atoms with Gasteiger partial charge in [0.1, 0.15) is 0 Å². The topological polar surface area (TPSA) is 29.9 Å². The number of aromatic nitrogens is 2. The molecule has 0 fully saturated rings. The second-order valence-electron chi connectivity index (χ2n) is 5.86. The van der Waals surface area contributed by atoms with Crippen molar-refractivity contribution in [3.8, 4) is 0 Å². The third kappa shape index (κ3) is 4.71. The zero-order valence-corrected chi connectivity index (χ0v) is 13.4. The number of benzene rings is 1. The molecule has 2 aromatic rings. The molecule has 2 unspecified atom stereocenters. The van der Waals surface area contributed by atoms with Crippen LogP contribution >= 0.6 is 0 Å².